The van der Waals surface area contributed by atoms with Crippen LogP contribution in [0.15, 0.2) is 36.4 Å². The molecule has 3 nitrogen and oxygen atoms in total. The zero-order chi connectivity index (χ0) is 13.9. The van der Waals surface area contributed by atoms with E-state index in [4.69, 9.17) is 15.2 Å². The van der Waals surface area contributed by atoms with Crippen LogP contribution in [0.2, 0.25) is 0 Å². The van der Waals surface area contributed by atoms with Crippen molar-refractivity contribution in [3.05, 3.63) is 53.1 Å². The summed E-state index contributed by atoms with van der Waals surface area (Å²) in [6, 6.07) is 12.0. The minimum absolute atomic E-state index is 0.488. The summed E-state index contributed by atoms with van der Waals surface area (Å²) in [4.78, 5) is 0. The normalized spacial score (nSPS) is 13.1. The molecule has 2 N–H and O–H groups in total. The van der Waals surface area contributed by atoms with Gasteiger partial charge in [-0.2, -0.15) is 0 Å². The van der Waals surface area contributed by atoms with E-state index in [0.29, 0.717) is 12.3 Å². The highest BCUT2D eigenvalue weighted by atomic mass is 16.5. The van der Waals surface area contributed by atoms with E-state index in [1.165, 1.54) is 24.0 Å². The molecule has 3 rings (SSSR count). The van der Waals surface area contributed by atoms with Crippen molar-refractivity contribution in [3.8, 4) is 11.5 Å². The van der Waals surface area contributed by atoms with E-state index in [0.717, 1.165) is 23.5 Å². The summed E-state index contributed by atoms with van der Waals surface area (Å²) >= 11 is 0. The van der Waals surface area contributed by atoms with Gasteiger partial charge in [-0.3, -0.25) is 0 Å². The SMILES string of the molecule is COc1cc(N)ccc1COc1ccc2c(c1)CCC2. The van der Waals surface area contributed by atoms with E-state index in [-0.39, 0.29) is 0 Å². The van der Waals surface area contributed by atoms with Gasteiger partial charge in [-0.05, 0) is 54.7 Å². The van der Waals surface area contributed by atoms with Gasteiger partial charge in [0.2, 0.25) is 0 Å². The molecule has 1 aliphatic carbocycles. The van der Waals surface area contributed by atoms with Gasteiger partial charge < -0.3 is 15.2 Å². The smallest absolute Gasteiger partial charge is 0.127 e. The second-order valence-corrected chi connectivity index (χ2v) is 5.14. The molecule has 0 spiro atoms. The van der Waals surface area contributed by atoms with Gasteiger partial charge in [0.15, 0.2) is 0 Å². The van der Waals surface area contributed by atoms with E-state index in [1.54, 1.807) is 7.11 Å². The summed E-state index contributed by atoms with van der Waals surface area (Å²) in [5.41, 5.74) is 10.3. The van der Waals surface area contributed by atoms with Crippen LogP contribution in [0.4, 0.5) is 5.69 Å². The third-order valence-electron chi connectivity index (χ3n) is 3.78. The van der Waals surface area contributed by atoms with Gasteiger partial charge in [-0.15, -0.1) is 0 Å². The highest BCUT2D eigenvalue weighted by Gasteiger charge is 2.11. The molecule has 0 aliphatic heterocycles. The van der Waals surface area contributed by atoms with Crippen LogP contribution < -0.4 is 15.2 Å². The number of ether oxygens (including phenoxy) is 2. The van der Waals surface area contributed by atoms with Crippen molar-refractivity contribution in [2.45, 2.75) is 25.9 Å². The van der Waals surface area contributed by atoms with E-state index in [2.05, 4.69) is 12.1 Å². The summed E-state index contributed by atoms with van der Waals surface area (Å²) in [5, 5.41) is 0. The molecule has 0 atom stereocenters. The molecular weight excluding hydrogens is 250 g/mol. The second kappa shape index (κ2) is 5.45. The zero-order valence-corrected chi connectivity index (χ0v) is 11.7. The summed E-state index contributed by atoms with van der Waals surface area (Å²) in [7, 11) is 1.65. The maximum Gasteiger partial charge on any atom is 0.127 e. The van der Waals surface area contributed by atoms with Crippen molar-refractivity contribution >= 4 is 5.69 Å². The first-order valence-electron chi connectivity index (χ1n) is 6.93. The molecule has 2 aromatic rings. The number of nitrogen functional groups attached to an aromatic ring is 1. The number of hydrogen-bond acceptors (Lipinski definition) is 3. The molecule has 0 saturated carbocycles. The highest BCUT2D eigenvalue weighted by Crippen LogP contribution is 2.28. The standard InChI is InChI=1S/C17H19NO2/c1-19-17-10-15(18)7-5-14(17)11-20-16-8-6-12-3-2-4-13(12)9-16/h5-10H,2-4,11,18H2,1H3. The fourth-order valence-corrected chi connectivity index (χ4v) is 2.68. The van der Waals surface area contributed by atoms with Gasteiger partial charge in [0.25, 0.3) is 0 Å². The first-order valence-corrected chi connectivity index (χ1v) is 6.93. The predicted octanol–water partition coefficient (Wildman–Crippen LogP) is 3.35. The van der Waals surface area contributed by atoms with Gasteiger partial charge in [-0.1, -0.05) is 6.07 Å². The maximum absolute atomic E-state index is 5.88. The Morgan fingerprint density at radius 1 is 1.05 bits per heavy atom. The molecule has 0 unspecified atom stereocenters. The minimum atomic E-state index is 0.488. The fourth-order valence-electron chi connectivity index (χ4n) is 2.68. The van der Waals surface area contributed by atoms with Crippen molar-refractivity contribution in [2.24, 2.45) is 0 Å². The average Bonchev–Trinajstić information content (AvgIpc) is 2.93. The van der Waals surface area contributed by atoms with Crippen LogP contribution in [0.5, 0.6) is 11.5 Å². The van der Waals surface area contributed by atoms with Crippen LogP contribution in [-0.2, 0) is 19.4 Å². The van der Waals surface area contributed by atoms with Crippen molar-refractivity contribution < 1.29 is 9.47 Å². The van der Waals surface area contributed by atoms with Crippen LogP contribution in [0.25, 0.3) is 0 Å². The maximum atomic E-state index is 5.88. The Kier molecular flexibility index (Phi) is 3.50. The molecule has 1 aliphatic rings. The molecule has 0 bridgehead atoms. The number of aryl methyl sites for hydroxylation is 2. The Morgan fingerprint density at radius 2 is 1.90 bits per heavy atom. The Labute approximate surface area is 119 Å². The first-order chi connectivity index (χ1) is 9.76. The Morgan fingerprint density at radius 3 is 2.75 bits per heavy atom. The van der Waals surface area contributed by atoms with Crippen molar-refractivity contribution in [1.82, 2.24) is 0 Å². The first kappa shape index (κ1) is 12.9. The lowest BCUT2D eigenvalue weighted by Crippen LogP contribution is -2.00. The number of anilines is 1. The molecule has 0 radical (unpaired) electrons. The predicted molar refractivity (Wildman–Crippen MR) is 80.2 cm³/mol. The summed E-state index contributed by atoms with van der Waals surface area (Å²) in [6.45, 7) is 0.488. The van der Waals surface area contributed by atoms with Gasteiger partial charge in [0, 0.05) is 17.3 Å². The van der Waals surface area contributed by atoms with Gasteiger partial charge >= 0.3 is 0 Å². The molecule has 3 heteroatoms. The van der Waals surface area contributed by atoms with E-state index in [9.17, 15) is 0 Å². The Bertz CT molecular complexity index is 622. The van der Waals surface area contributed by atoms with Gasteiger partial charge in [-0.25, -0.2) is 0 Å². The van der Waals surface area contributed by atoms with Crippen LogP contribution in [0, 0.1) is 0 Å². The number of hydrogen-bond donors (Lipinski definition) is 1. The molecule has 0 fully saturated rings. The van der Waals surface area contributed by atoms with E-state index < -0.39 is 0 Å². The van der Waals surface area contributed by atoms with E-state index in [1.807, 2.05) is 24.3 Å². The van der Waals surface area contributed by atoms with E-state index >= 15 is 0 Å². The molecule has 0 saturated heterocycles. The molecular formula is C17H19NO2. The molecule has 0 aromatic heterocycles. The van der Waals surface area contributed by atoms with Crippen LogP contribution in [0.1, 0.15) is 23.1 Å². The van der Waals surface area contributed by atoms with Crippen molar-refractivity contribution in [3.63, 3.8) is 0 Å². The Balaban J connectivity index is 1.73. The lowest BCUT2D eigenvalue weighted by Gasteiger charge is -2.12. The van der Waals surface area contributed by atoms with Gasteiger partial charge in [0.1, 0.15) is 18.1 Å². The fraction of sp³-hybridized carbons (Fsp3) is 0.294. The van der Waals surface area contributed by atoms with Crippen LogP contribution in [0.3, 0.4) is 0 Å². The summed E-state index contributed by atoms with van der Waals surface area (Å²) in [6.07, 6.45) is 3.61. The van der Waals surface area contributed by atoms with Crippen LogP contribution in [-0.4, -0.2) is 7.11 Å². The lowest BCUT2D eigenvalue weighted by atomic mass is 10.1. The molecule has 0 amide bonds. The zero-order valence-electron chi connectivity index (χ0n) is 11.7. The topological polar surface area (TPSA) is 44.5 Å². The number of nitrogens with two attached hydrogens (primary N) is 1. The number of fused-ring (bicyclic) bond motifs is 1. The minimum Gasteiger partial charge on any atom is -0.496 e. The highest BCUT2D eigenvalue weighted by molar-refractivity contribution is 5.48. The Hall–Kier alpha value is -2.16. The lowest BCUT2D eigenvalue weighted by molar-refractivity contribution is 0.296. The average molecular weight is 269 g/mol. The molecule has 20 heavy (non-hydrogen) atoms. The molecule has 0 heterocycles. The largest absolute Gasteiger partial charge is 0.496 e. The molecule has 104 valence electrons. The summed E-state index contributed by atoms with van der Waals surface area (Å²) < 4.78 is 11.2. The monoisotopic (exact) mass is 269 g/mol. The molecule has 2 aromatic carbocycles. The second-order valence-electron chi connectivity index (χ2n) is 5.14. The number of rotatable bonds is 4. The quantitative estimate of drug-likeness (QED) is 0.866. The number of benzene rings is 2. The van der Waals surface area contributed by atoms with Crippen molar-refractivity contribution in [2.75, 3.05) is 12.8 Å². The third kappa shape index (κ3) is 2.57. The van der Waals surface area contributed by atoms with Crippen molar-refractivity contribution in [1.29, 1.82) is 0 Å². The number of methoxy groups -OCH3 is 1. The third-order valence-corrected chi connectivity index (χ3v) is 3.78. The van der Waals surface area contributed by atoms with Gasteiger partial charge in [0.05, 0.1) is 7.11 Å². The van der Waals surface area contributed by atoms with Crippen LogP contribution >= 0.6 is 0 Å². The summed E-state index contributed by atoms with van der Waals surface area (Å²) in [5.74, 6) is 1.69.